The van der Waals surface area contributed by atoms with Crippen molar-refractivity contribution in [3.8, 4) is 0 Å². The molecule has 0 aliphatic heterocycles. The Bertz CT molecular complexity index is 579. The molecule has 0 aliphatic carbocycles. The summed E-state index contributed by atoms with van der Waals surface area (Å²) in [5.74, 6) is 0. The maximum Gasteiger partial charge on any atom is 0.267 e. The van der Waals surface area contributed by atoms with E-state index in [2.05, 4.69) is 20.9 Å². The Morgan fingerprint density at radius 3 is 3.00 bits per heavy atom. The molecule has 0 aromatic carbocycles. The van der Waals surface area contributed by atoms with Crippen LogP contribution in [0.2, 0.25) is 0 Å². The van der Waals surface area contributed by atoms with Crippen molar-refractivity contribution in [2.45, 2.75) is 13.5 Å². The van der Waals surface area contributed by atoms with Crippen molar-refractivity contribution in [3.63, 3.8) is 0 Å². The zero-order chi connectivity index (χ0) is 11.0. The molecule has 0 aliphatic rings. The van der Waals surface area contributed by atoms with Crippen LogP contribution in [-0.2, 0) is 6.54 Å². The number of aromatic nitrogens is 3. The van der Waals surface area contributed by atoms with Crippen molar-refractivity contribution < 1.29 is 4.73 Å². The maximum atomic E-state index is 11.8. The topological polar surface area (TPSA) is 61.8 Å². The Balaban J connectivity index is 2.93. The first kappa shape index (κ1) is 10.1. The van der Waals surface area contributed by atoms with Crippen LogP contribution in [0.1, 0.15) is 6.92 Å². The van der Waals surface area contributed by atoms with Crippen LogP contribution < -0.4 is 10.3 Å². The van der Waals surface area contributed by atoms with Crippen molar-refractivity contribution in [3.05, 3.63) is 38.8 Å². The van der Waals surface area contributed by atoms with Crippen molar-refractivity contribution in [1.29, 1.82) is 0 Å². The third-order valence-corrected chi connectivity index (χ3v) is 2.72. The molecule has 0 spiro atoms. The monoisotopic (exact) mass is 269 g/mol. The first-order chi connectivity index (χ1) is 7.13. The van der Waals surface area contributed by atoms with Gasteiger partial charge in [-0.15, -0.1) is 0 Å². The van der Waals surface area contributed by atoms with Gasteiger partial charge in [-0.05, 0) is 22.9 Å². The van der Waals surface area contributed by atoms with Gasteiger partial charge in [0, 0.05) is 6.54 Å². The summed E-state index contributed by atoms with van der Waals surface area (Å²) in [6, 6.07) is 0. The zero-order valence-electron chi connectivity index (χ0n) is 7.98. The van der Waals surface area contributed by atoms with Gasteiger partial charge in [0.2, 0.25) is 0 Å². The molecule has 2 heterocycles. The van der Waals surface area contributed by atoms with E-state index in [1.54, 1.807) is 0 Å². The minimum Gasteiger partial charge on any atom is -0.619 e. The summed E-state index contributed by atoms with van der Waals surface area (Å²) in [4.78, 5) is 15.9. The van der Waals surface area contributed by atoms with Gasteiger partial charge < -0.3 is 5.21 Å². The van der Waals surface area contributed by atoms with Crippen molar-refractivity contribution >= 4 is 26.8 Å². The summed E-state index contributed by atoms with van der Waals surface area (Å²) in [5, 5.41) is 11.5. The minimum absolute atomic E-state index is 0.201. The highest BCUT2D eigenvalue weighted by atomic mass is 79.9. The van der Waals surface area contributed by atoms with Gasteiger partial charge in [0.15, 0.2) is 12.4 Å². The highest BCUT2D eigenvalue weighted by molar-refractivity contribution is 9.10. The van der Waals surface area contributed by atoms with Gasteiger partial charge in [-0.1, -0.05) is 0 Å². The third-order valence-electron chi connectivity index (χ3n) is 2.14. The molecule has 0 atom stereocenters. The molecule has 5 nitrogen and oxygen atoms in total. The standard InChI is InChI=1S/C9H8BrN3O2/c1-2-12-5-11-8-6(9(12)14)3-13(15)4-7(8)10/h3-5H,2H2,1H3. The molecule has 0 bridgehead atoms. The Morgan fingerprint density at radius 1 is 1.60 bits per heavy atom. The summed E-state index contributed by atoms with van der Waals surface area (Å²) in [6.45, 7) is 2.38. The maximum absolute atomic E-state index is 11.8. The normalized spacial score (nSPS) is 10.8. The van der Waals surface area contributed by atoms with E-state index in [4.69, 9.17) is 0 Å². The van der Waals surface area contributed by atoms with Crippen LogP contribution in [0.5, 0.6) is 0 Å². The molecule has 6 heteroatoms. The molecule has 2 aromatic rings. The lowest BCUT2D eigenvalue weighted by Crippen LogP contribution is -2.28. The van der Waals surface area contributed by atoms with Gasteiger partial charge >= 0.3 is 0 Å². The van der Waals surface area contributed by atoms with Crippen molar-refractivity contribution in [2.24, 2.45) is 0 Å². The van der Waals surface area contributed by atoms with Gasteiger partial charge in [0.1, 0.15) is 15.4 Å². The molecule has 2 rings (SSSR count). The number of pyridine rings is 1. The van der Waals surface area contributed by atoms with Gasteiger partial charge in [-0.25, -0.2) is 4.98 Å². The van der Waals surface area contributed by atoms with Gasteiger partial charge in [0.05, 0.1) is 6.33 Å². The predicted molar refractivity (Wildman–Crippen MR) is 58.3 cm³/mol. The third kappa shape index (κ3) is 1.61. The average molecular weight is 270 g/mol. The summed E-state index contributed by atoms with van der Waals surface area (Å²) < 4.78 is 2.57. The van der Waals surface area contributed by atoms with E-state index in [0.717, 1.165) is 0 Å². The largest absolute Gasteiger partial charge is 0.619 e. The summed E-state index contributed by atoms with van der Waals surface area (Å²) in [6.07, 6.45) is 4.04. The number of fused-ring (bicyclic) bond motifs is 1. The van der Waals surface area contributed by atoms with E-state index in [9.17, 15) is 10.0 Å². The quantitative estimate of drug-likeness (QED) is 0.569. The van der Waals surface area contributed by atoms with Gasteiger partial charge in [-0.2, -0.15) is 4.73 Å². The number of nitrogens with zero attached hydrogens (tertiary/aromatic N) is 3. The predicted octanol–water partition coefficient (Wildman–Crippen LogP) is 0.812. The Labute approximate surface area is 93.7 Å². The minimum atomic E-state index is -0.201. The van der Waals surface area contributed by atoms with E-state index in [1.165, 1.54) is 23.3 Å². The Kier molecular flexibility index (Phi) is 2.44. The lowest BCUT2D eigenvalue weighted by atomic mass is 10.3. The van der Waals surface area contributed by atoms with E-state index < -0.39 is 0 Å². The average Bonchev–Trinajstić information content (AvgIpc) is 2.19. The second kappa shape index (κ2) is 3.62. The van der Waals surface area contributed by atoms with Crippen LogP contribution in [0.3, 0.4) is 0 Å². The molecule has 15 heavy (non-hydrogen) atoms. The van der Waals surface area contributed by atoms with Gasteiger partial charge in [-0.3, -0.25) is 9.36 Å². The highest BCUT2D eigenvalue weighted by Crippen LogP contribution is 2.15. The first-order valence-electron chi connectivity index (χ1n) is 4.41. The molecular formula is C9H8BrN3O2. The lowest BCUT2D eigenvalue weighted by Gasteiger charge is -2.04. The van der Waals surface area contributed by atoms with Crippen molar-refractivity contribution in [1.82, 2.24) is 9.55 Å². The van der Waals surface area contributed by atoms with Crippen molar-refractivity contribution in [2.75, 3.05) is 0 Å². The second-order valence-electron chi connectivity index (χ2n) is 3.06. The van der Waals surface area contributed by atoms with Gasteiger partial charge in [0.25, 0.3) is 5.56 Å². The lowest BCUT2D eigenvalue weighted by molar-refractivity contribution is -0.604. The van der Waals surface area contributed by atoms with Crippen LogP contribution in [0.15, 0.2) is 28.0 Å². The molecule has 0 saturated heterocycles. The second-order valence-corrected chi connectivity index (χ2v) is 3.92. The Morgan fingerprint density at radius 2 is 2.33 bits per heavy atom. The molecule has 0 amide bonds. The molecule has 0 saturated carbocycles. The number of halogens is 1. The fourth-order valence-electron chi connectivity index (χ4n) is 1.37. The molecule has 0 unspecified atom stereocenters. The fourth-order valence-corrected chi connectivity index (χ4v) is 1.89. The molecule has 2 aromatic heterocycles. The summed E-state index contributed by atoms with van der Waals surface area (Å²) in [7, 11) is 0. The molecule has 0 fully saturated rings. The summed E-state index contributed by atoms with van der Waals surface area (Å²) in [5.41, 5.74) is 0.310. The molecular weight excluding hydrogens is 262 g/mol. The summed E-state index contributed by atoms with van der Waals surface area (Å²) >= 11 is 3.20. The van der Waals surface area contributed by atoms with E-state index in [1.807, 2.05) is 6.92 Å². The number of aryl methyl sites for hydroxylation is 1. The SMILES string of the molecule is CCn1cnc2c(Br)c[n+]([O-])cc2c1=O. The van der Waals surface area contributed by atoms with Crippen LogP contribution >= 0.6 is 15.9 Å². The van der Waals surface area contributed by atoms with Crippen LogP contribution in [0.4, 0.5) is 0 Å². The van der Waals surface area contributed by atoms with Crippen LogP contribution in [0, 0.1) is 5.21 Å². The van der Waals surface area contributed by atoms with E-state index in [-0.39, 0.29) is 5.56 Å². The molecule has 0 N–H and O–H groups in total. The number of hydrogen-bond donors (Lipinski definition) is 0. The zero-order valence-corrected chi connectivity index (χ0v) is 9.56. The fraction of sp³-hybridized carbons (Fsp3) is 0.222. The number of hydrogen-bond acceptors (Lipinski definition) is 3. The van der Waals surface area contributed by atoms with Crippen LogP contribution in [0.25, 0.3) is 10.9 Å². The molecule has 0 radical (unpaired) electrons. The smallest absolute Gasteiger partial charge is 0.267 e. The van der Waals surface area contributed by atoms with E-state index >= 15 is 0 Å². The Hall–Kier alpha value is -1.43. The molecule has 78 valence electrons. The first-order valence-corrected chi connectivity index (χ1v) is 5.20. The van der Waals surface area contributed by atoms with Crippen LogP contribution in [-0.4, -0.2) is 9.55 Å². The van der Waals surface area contributed by atoms with E-state index in [0.29, 0.717) is 26.7 Å². The highest BCUT2D eigenvalue weighted by Gasteiger charge is 2.10. The number of rotatable bonds is 1.